The minimum absolute atomic E-state index is 0.109. The van der Waals surface area contributed by atoms with Crippen molar-refractivity contribution in [1.82, 2.24) is 4.90 Å². The first-order valence-corrected chi connectivity index (χ1v) is 5.67. The SMILES string of the molecule is CC(C)(CO)N(CCO)C(=O)C1CCCO1. The zero-order valence-electron chi connectivity index (χ0n) is 9.98. The van der Waals surface area contributed by atoms with Gasteiger partial charge < -0.3 is 19.8 Å². The monoisotopic (exact) mass is 231 g/mol. The maximum Gasteiger partial charge on any atom is 0.252 e. The Morgan fingerprint density at radius 3 is 2.62 bits per heavy atom. The van der Waals surface area contributed by atoms with Crippen LogP contribution in [0.1, 0.15) is 26.7 Å². The van der Waals surface area contributed by atoms with E-state index in [1.807, 2.05) is 0 Å². The standard InChI is InChI=1S/C11H21NO4/c1-11(2,8-14)12(5-6-13)10(15)9-4-3-7-16-9/h9,13-14H,3-8H2,1-2H3. The lowest BCUT2D eigenvalue weighted by molar-refractivity contribution is -0.148. The van der Waals surface area contributed by atoms with E-state index in [0.717, 1.165) is 12.8 Å². The molecule has 0 saturated carbocycles. The molecule has 5 heteroatoms. The number of aliphatic hydroxyl groups excluding tert-OH is 2. The maximum atomic E-state index is 12.1. The summed E-state index contributed by atoms with van der Waals surface area (Å²) in [5, 5.41) is 18.2. The average molecular weight is 231 g/mol. The molecule has 0 radical (unpaired) electrons. The molecule has 0 aromatic carbocycles. The van der Waals surface area contributed by atoms with Crippen molar-refractivity contribution >= 4 is 5.91 Å². The largest absolute Gasteiger partial charge is 0.395 e. The van der Waals surface area contributed by atoms with Gasteiger partial charge in [-0.15, -0.1) is 0 Å². The Kier molecular flexibility index (Phi) is 4.70. The normalized spacial score (nSPS) is 21.1. The zero-order chi connectivity index (χ0) is 12.2. The van der Waals surface area contributed by atoms with Crippen molar-refractivity contribution in [3.8, 4) is 0 Å². The van der Waals surface area contributed by atoms with Crippen LogP contribution in [-0.4, -0.2) is 59.0 Å². The van der Waals surface area contributed by atoms with E-state index in [9.17, 15) is 9.90 Å². The summed E-state index contributed by atoms with van der Waals surface area (Å²) in [6.45, 7) is 4.15. The minimum atomic E-state index is -0.661. The van der Waals surface area contributed by atoms with Gasteiger partial charge in [-0.1, -0.05) is 0 Å². The molecular formula is C11H21NO4. The van der Waals surface area contributed by atoms with Crippen LogP contribution in [0, 0.1) is 0 Å². The second kappa shape index (κ2) is 5.61. The van der Waals surface area contributed by atoms with Gasteiger partial charge >= 0.3 is 0 Å². The zero-order valence-corrected chi connectivity index (χ0v) is 9.98. The first-order valence-electron chi connectivity index (χ1n) is 5.67. The van der Waals surface area contributed by atoms with Gasteiger partial charge in [0.2, 0.25) is 0 Å². The third-order valence-electron chi connectivity index (χ3n) is 2.91. The summed E-state index contributed by atoms with van der Waals surface area (Å²) in [7, 11) is 0. The molecule has 16 heavy (non-hydrogen) atoms. The van der Waals surface area contributed by atoms with Crippen LogP contribution in [0.5, 0.6) is 0 Å². The van der Waals surface area contributed by atoms with Crippen molar-refractivity contribution in [1.29, 1.82) is 0 Å². The molecule has 1 fully saturated rings. The first kappa shape index (κ1) is 13.4. The number of hydrogen-bond donors (Lipinski definition) is 2. The summed E-state index contributed by atoms with van der Waals surface area (Å²) in [5.41, 5.74) is -0.661. The molecule has 1 amide bonds. The van der Waals surface area contributed by atoms with Gasteiger partial charge in [0, 0.05) is 13.2 Å². The number of nitrogens with zero attached hydrogens (tertiary/aromatic N) is 1. The second-order valence-electron chi connectivity index (χ2n) is 4.69. The highest BCUT2D eigenvalue weighted by Gasteiger charge is 2.35. The predicted octanol–water partition coefficient (Wildman–Crippen LogP) is -0.243. The molecule has 1 atom stereocenters. The van der Waals surface area contributed by atoms with Gasteiger partial charge in [-0.25, -0.2) is 0 Å². The molecule has 1 saturated heterocycles. The summed E-state index contributed by atoms with van der Waals surface area (Å²) in [6, 6.07) is 0. The van der Waals surface area contributed by atoms with Gasteiger partial charge in [0.15, 0.2) is 0 Å². The van der Waals surface area contributed by atoms with Crippen LogP contribution < -0.4 is 0 Å². The fourth-order valence-electron chi connectivity index (χ4n) is 1.84. The molecule has 1 aliphatic heterocycles. The van der Waals surface area contributed by atoms with Crippen LogP contribution in [0.15, 0.2) is 0 Å². The van der Waals surface area contributed by atoms with Crippen LogP contribution in [0.25, 0.3) is 0 Å². The number of amides is 1. The highest BCUT2D eigenvalue weighted by atomic mass is 16.5. The van der Waals surface area contributed by atoms with Crippen molar-refractivity contribution in [3.63, 3.8) is 0 Å². The Labute approximate surface area is 96.0 Å². The van der Waals surface area contributed by atoms with E-state index in [1.54, 1.807) is 13.8 Å². The van der Waals surface area contributed by atoms with Crippen molar-refractivity contribution in [2.75, 3.05) is 26.4 Å². The summed E-state index contributed by atoms with van der Waals surface area (Å²) < 4.78 is 5.33. The third kappa shape index (κ3) is 2.93. The number of rotatable bonds is 5. The smallest absolute Gasteiger partial charge is 0.252 e. The van der Waals surface area contributed by atoms with E-state index in [2.05, 4.69) is 0 Å². The van der Waals surface area contributed by atoms with E-state index in [0.29, 0.717) is 6.61 Å². The molecule has 1 rings (SSSR count). The molecule has 2 N–H and O–H groups in total. The molecule has 1 aliphatic rings. The van der Waals surface area contributed by atoms with Crippen LogP contribution in [0.3, 0.4) is 0 Å². The van der Waals surface area contributed by atoms with Crippen molar-refractivity contribution in [2.45, 2.75) is 38.3 Å². The number of hydrogen-bond acceptors (Lipinski definition) is 4. The van der Waals surface area contributed by atoms with Gasteiger partial charge in [-0.3, -0.25) is 4.79 Å². The van der Waals surface area contributed by atoms with Gasteiger partial charge in [-0.2, -0.15) is 0 Å². The molecule has 5 nitrogen and oxygen atoms in total. The molecule has 1 heterocycles. The van der Waals surface area contributed by atoms with E-state index in [-0.39, 0.29) is 25.7 Å². The molecular weight excluding hydrogens is 210 g/mol. The van der Waals surface area contributed by atoms with E-state index in [1.165, 1.54) is 4.90 Å². The molecule has 0 aromatic rings. The second-order valence-corrected chi connectivity index (χ2v) is 4.69. The van der Waals surface area contributed by atoms with Gasteiger partial charge in [0.25, 0.3) is 5.91 Å². The highest BCUT2D eigenvalue weighted by Crippen LogP contribution is 2.20. The molecule has 1 unspecified atom stereocenters. The summed E-state index contributed by atoms with van der Waals surface area (Å²) in [4.78, 5) is 13.6. The topological polar surface area (TPSA) is 70.0 Å². The van der Waals surface area contributed by atoms with E-state index >= 15 is 0 Å². The van der Waals surface area contributed by atoms with Gasteiger partial charge in [-0.05, 0) is 26.7 Å². The summed E-state index contributed by atoms with van der Waals surface area (Å²) in [5.74, 6) is -0.134. The van der Waals surface area contributed by atoms with Gasteiger partial charge in [0.05, 0.1) is 18.8 Å². The molecule has 94 valence electrons. The minimum Gasteiger partial charge on any atom is -0.395 e. The molecule has 0 spiro atoms. The quantitative estimate of drug-likeness (QED) is 0.685. The van der Waals surface area contributed by atoms with Crippen LogP contribution in [0.2, 0.25) is 0 Å². The maximum absolute atomic E-state index is 12.1. The predicted molar refractivity (Wildman–Crippen MR) is 58.9 cm³/mol. The van der Waals surface area contributed by atoms with Crippen molar-refractivity contribution in [2.24, 2.45) is 0 Å². The Morgan fingerprint density at radius 2 is 2.19 bits per heavy atom. The van der Waals surface area contributed by atoms with Crippen LogP contribution in [-0.2, 0) is 9.53 Å². The molecule has 0 bridgehead atoms. The van der Waals surface area contributed by atoms with E-state index < -0.39 is 11.6 Å². The fraction of sp³-hybridized carbons (Fsp3) is 0.909. The highest BCUT2D eigenvalue weighted by molar-refractivity contribution is 5.81. The molecule has 0 aromatic heterocycles. The number of β-amino-alcohol motifs (C(OH)–C–C–N with tert-alkyl or cyclic N) is 1. The number of carbonyl (C=O) groups is 1. The number of carbonyl (C=O) groups excluding carboxylic acids is 1. The third-order valence-corrected chi connectivity index (χ3v) is 2.91. The first-order chi connectivity index (χ1) is 7.53. The Morgan fingerprint density at radius 1 is 1.50 bits per heavy atom. The van der Waals surface area contributed by atoms with Crippen molar-refractivity contribution < 1.29 is 19.7 Å². The lowest BCUT2D eigenvalue weighted by atomic mass is 10.0. The Balaban J connectivity index is 2.72. The summed E-state index contributed by atoms with van der Waals surface area (Å²) in [6.07, 6.45) is 1.21. The lowest BCUT2D eigenvalue weighted by Crippen LogP contribution is -2.54. The summed E-state index contributed by atoms with van der Waals surface area (Å²) >= 11 is 0. The van der Waals surface area contributed by atoms with Crippen molar-refractivity contribution in [3.05, 3.63) is 0 Å². The van der Waals surface area contributed by atoms with Crippen LogP contribution >= 0.6 is 0 Å². The van der Waals surface area contributed by atoms with Crippen LogP contribution in [0.4, 0.5) is 0 Å². The number of aliphatic hydroxyl groups is 2. The molecule has 0 aliphatic carbocycles. The lowest BCUT2D eigenvalue weighted by Gasteiger charge is -2.38. The Hall–Kier alpha value is -0.650. The fourth-order valence-corrected chi connectivity index (χ4v) is 1.84. The van der Waals surface area contributed by atoms with Gasteiger partial charge in [0.1, 0.15) is 6.10 Å². The Bertz CT molecular complexity index is 236. The number of ether oxygens (including phenoxy) is 1. The van der Waals surface area contributed by atoms with E-state index in [4.69, 9.17) is 9.84 Å². The average Bonchev–Trinajstić information content (AvgIpc) is 2.78.